The van der Waals surface area contributed by atoms with Crippen molar-refractivity contribution >= 4 is 45.0 Å². The average molecular weight is 488 g/mol. The Morgan fingerprint density at radius 1 is 1.30 bits per heavy atom. The molecule has 0 saturated carbocycles. The summed E-state index contributed by atoms with van der Waals surface area (Å²) in [7, 11) is 0. The number of carbonyl (C=O) groups excluding carboxylic acids is 2. The SMILES string of the molecule is CCNC(=O)c1cc(C#N)cc(C)c1NC(=O)c1cnn(-c2ncccc2Cl)c1Br. The number of hydrogen-bond donors (Lipinski definition) is 2. The zero-order valence-corrected chi connectivity index (χ0v) is 18.4. The molecule has 0 bridgehead atoms. The molecule has 2 N–H and O–H groups in total. The van der Waals surface area contributed by atoms with Gasteiger partial charge in [-0.15, -0.1) is 0 Å². The van der Waals surface area contributed by atoms with Crippen molar-refractivity contribution in [2.45, 2.75) is 13.8 Å². The van der Waals surface area contributed by atoms with Gasteiger partial charge in [0, 0.05) is 12.7 Å². The van der Waals surface area contributed by atoms with Gasteiger partial charge >= 0.3 is 0 Å². The topological polar surface area (TPSA) is 113 Å². The van der Waals surface area contributed by atoms with Gasteiger partial charge in [-0.2, -0.15) is 10.4 Å². The first-order valence-electron chi connectivity index (χ1n) is 8.86. The van der Waals surface area contributed by atoms with Gasteiger partial charge in [-0.05, 0) is 59.6 Å². The number of anilines is 1. The molecule has 0 radical (unpaired) electrons. The monoisotopic (exact) mass is 486 g/mol. The smallest absolute Gasteiger partial charge is 0.260 e. The Bertz CT molecular complexity index is 1180. The number of nitrogens with one attached hydrogen (secondary N) is 2. The lowest BCUT2D eigenvalue weighted by molar-refractivity contribution is 0.0956. The molecule has 0 unspecified atom stereocenters. The van der Waals surface area contributed by atoms with Crippen molar-refractivity contribution in [3.8, 4) is 11.9 Å². The molecule has 30 heavy (non-hydrogen) atoms. The number of aryl methyl sites for hydroxylation is 1. The molecule has 10 heteroatoms. The molecule has 2 amide bonds. The van der Waals surface area contributed by atoms with Crippen molar-refractivity contribution in [1.29, 1.82) is 5.26 Å². The molecule has 3 rings (SSSR count). The van der Waals surface area contributed by atoms with Crippen LogP contribution in [0.15, 0.2) is 41.3 Å². The third kappa shape index (κ3) is 4.20. The van der Waals surface area contributed by atoms with Crippen molar-refractivity contribution in [3.05, 3.63) is 68.5 Å². The van der Waals surface area contributed by atoms with Gasteiger partial charge in [-0.3, -0.25) is 9.59 Å². The molecule has 0 atom stereocenters. The van der Waals surface area contributed by atoms with E-state index in [1.165, 1.54) is 16.9 Å². The fourth-order valence-electron chi connectivity index (χ4n) is 2.80. The number of halogens is 2. The quantitative estimate of drug-likeness (QED) is 0.567. The molecule has 8 nitrogen and oxygen atoms in total. The van der Waals surface area contributed by atoms with E-state index in [-0.39, 0.29) is 17.0 Å². The van der Waals surface area contributed by atoms with Crippen molar-refractivity contribution in [3.63, 3.8) is 0 Å². The number of amides is 2. The maximum atomic E-state index is 13.0. The summed E-state index contributed by atoms with van der Waals surface area (Å²) >= 11 is 9.54. The predicted octanol–water partition coefficient (Wildman–Crippen LogP) is 3.87. The minimum absolute atomic E-state index is 0.207. The van der Waals surface area contributed by atoms with E-state index in [9.17, 15) is 14.9 Å². The summed E-state index contributed by atoms with van der Waals surface area (Å²) in [6, 6.07) is 8.42. The van der Waals surface area contributed by atoms with Gasteiger partial charge in [0.15, 0.2) is 5.82 Å². The first-order valence-corrected chi connectivity index (χ1v) is 10.0. The molecule has 0 saturated heterocycles. The first-order chi connectivity index (χ1) is 14.4. The van der Waals surface area contributed by atoms with Gasteiger partial charge in [0.2, 0.25) is 0 Å². The number of carbonyl (C=O) groups is 2. The van der Waals surface area contributed by atoms with E-state index in [2.05, 4.69) is 36.6 Å². The van der Waals surface area contributed by atoms with Crippen molar-refractivity contribution < 1.29 is 9.59 Å². The van der Waals surface area contributed by atoms with Crippen LogP contribution in [-0.4, -0.2) is 33.1 Å². The standard InChI is InChI=1S/C20H16BrClN6O2/c1-3-24-19(29)13-8-12(9-23)7-11(2)16(13)27-20(30)14-10-26-28(17(14)21)18-15(22)5-4-6-25-18/h4-8,10H,3H2,1-2H3,(H,24,29)(H,27,30). The molecule has 2 heterocycles. The summed E-state index contributed by atoms with van der Waals surface area (Å²) in [5.41, 5.74) is 1.66. The van der Waals surface area contributed by atoms with Gasteiger partial charge < -0.3 is 10.6 Å². The fourth-order valence-corrected chi connectivity index (χ4v) is 3.54. The summed E-state index contributed by atoms with van der Waals surface area (Å²) in [5, 5.41) is 19.2. The van der Waals surface area contributed by atoms with E-state index >= 15 is 0 Å². The number of pyridine rings is 1. The van der Waals surface area contributed by atoms with Gasteiger partial charge in [0.1, 0.15) is 4.60 Å². The number of benzene rings is 1. The molecule has 0 fully saturated rings. The van der Waals surface area contributed by atoms with Crippen molar-refractivity contribution in [2.24, 2.45) is 0 Å². The second-order valence-electron chi connectivity index (χ2n) is 6.21. The zero-order valence-electron chi connectivity index (χ0n) is 16.0. The van der Waals surface area contributed by atoms with E-state index in [1.54, 1.807) is 38.2 Å². The summed E-state index contributed by atoms with van der Waals surface area (Å²) in [4.78, 5) is 29.6. The Hall–Kier alpha value is -3.22. The molecular weight excluding hydrogens is 472 g/mol. The van der Waals surface area contributed by atoms with E-state index < -0.39 is 5.91 Å². The van der Waals surface area contributed by atoms with Crippen LogP contribution in [0, 0.1) is 18.3 Å². The molecule has 0 aliphatic rings. The molecular formula is C20H16BrClN6O2. The fraction of sp³-hybridized carbons (Fsp3) is 0.150. The molecule has 3 aromatic rings. The minimum Gasteiger partial charge on any atom is -0.352 e. The Kier molecular flexibility index (Phi) is 6.50. The van der Waals surface area contributed by atoms with Crippen molar-refractivity contribution in [2.75, 3.05) is 11.9 Å². The van der Waals surface area contributed by atoms with Crippen LogP contribution in [0.2, 0.25) is 5.02 Å². The zero-order chi connectivity index (χ0) is 21.8. The summed E-state index contributed by atoms with van der Waals surface area (Å²) in [5.74, 6) is -0.510. The van der Waals surface area contributed by atoms with E-state index in [4.69, 9.17) is 11.6 Å². The number of nitrogens with zero attached hydrogens (tertiary/aromatic N) is 4. The molecule has 0 aliphatic carbocycles. The lowest BCUT2D eigenvalue weighted by atomic mass is 10.0. The Morgan fingerprint density at radius 2 is 2.07 bits per heavy atom. The number of hydrogen-bond acceptors (Lipinski definition) is 5. The molecule has 0 aliphatic heterocycles. The highest BCUT2D eigenvalue weighted by Gasteiger charge is 2.22. The average Bonchev–Trinajstić information content (AvgIpc) is 3.11. The van der Waals surface area contributed by atoms with Crippen LogP contribution in [0.5, 0.6) is 0 Å². The summed E-state index contributed by atoms with van der Waals surface area (Å²) in [6.45, 7) is 3.90. The van der Waals surface area contributed by atoms with Crippen molar-refractivity contribution in [1.82, 2.24) is 20.1 Å². The molecule has 152 valence electrons. The van der Waals surface area contributed by atoms with Gasteiger partial charge in [-0.25, -0.2) is 9.67 Å². The highest BCUT2D eigenvalue weighted by atomic mass is 79.9. The van der Waals surface area contributed by atoms with Crippen LogP contribution in [0.25, 0.3) is 5.82 Å². The third-order valence-corrected chi connectivity index (χ3v) is 5.24. The van der Waals surface area contributed by atoms with E-state index in [1.807, 2.05) is 6.07 Å². The molecule has 2 aromatic heterocycles. The largest absolute Gasteiger partial charge is 0.352 e. The van der Waals surface area contributed by atoms with Crippen LogP contribution in [0.3, 0.4) is 0 Å². The second-order valence-corrected chi connectivity index (χ2v) is 7.37. The Balaban J connectivity index is 1.99. The maximum Gasteiger partial charge on any atom is 0.260 e. The number of nitriles is 1. The van der Waals surface area contributed by atoms with Crippen LogP contribution in [0.1, 0.15) is 38.8 Å². The van der Waals surface area contributed by atoms with Gasteiger partial charge in [0.25, 0.3) is 11.8 Å². The third-order valence-electron chi connectivity index (χ3n) is 4.18. The summed E-state index contributed by atoms with van der Waals surface area (Å²) in [6.07, 6.45) is 2.93. The number of aromatic nitrogens is 3. The maximum absolute atomic E-state index is 13.0. The lowest BCUT2D eigenvalue weighted by Crippen LogP contribution is -2.25. The lowest BCUT2D eigenvalue weighted by Gasteiger charge is -2.14. The predicted molar refractivity (Wildman–Crippen MR) is 116 cm³/mol. The van der Waals surface area contributed by atoms with Gasteiger partial charge in [0.05, 0.1) is 39.7 Å². The molecule has 0 spiro atoms. The number of rotatable bonds is 5. The highest BCUT2D eigenvalue weighted by molar-refractivity contribution is 9.10. The second kappa shape index (κ2) is 9.07. The molecule has 1 aromatic carbocycles. The first kappa shape index (κ1) is 21.5. The van der Waals surface area contributed by atoms with Crippen LogP contribution >= 0.6 is 27.5 Å². The van der Waals surface area contributed by atoms with Crippen LogP contribution in [-0.2, 0) is 0 Å². The Morgan fingerprint density at radius 3 is 2.73 bits per heavy atom. The normalized spacial score (nSPS) is 10.4. The highest BCUT2D eigenvalue weighted by Crippen LogP contribution is 2.27. The summed E-state index contributed by atoms with van der Waals surface area (Å²) < 4.78 is 1.75. The van der Waals surface area contributed by atoms with Crippen LogP contribution in [0.4, 0.5) is 5.69 Å². The minimum atomic E-state index is -0.487. The van der Waals surface area contributed by atoms with E-state index in [0.29, 0.717) is 38.8 Å². The Labute approximate surface area is 186 Å². The van der Waals surface area contributed by atoms with E-state index in [0.717, 1.165) is 0 Å². The van der Waals surface area contributed by atoms with Crippen LogP contribution < -0.4 is 10.6 Å². The van der Waals surface area contributed by atoms with Gasteiger partial charge in [-0.1, -0.05) is 11.6 Å².